The Labute approximate surface area is 115 Å². The van der Waals surface area contributed by atoms with Crippen LogP contribution in [0.4, 0.5) is 0 Å². The first-order chi connectivity index (χ1) is 9.45. The second-order valence-corrected chi connectivity index (χ2v) is 3.03. The largest absolute Gasteiger partial charge is 0.458 e. The van der Waals surface area contributed by atoms with E-state index >= 15 is 0 Å². The van der Waals surface area contributed by atoms with Crippen LogP contribution in [-0.2, 0) is 0 Å². The van der Waals surface area contributed by atoms with Crippen LogP contribution in [0, 0.1) is 0 Å². The topological polar surface area (TPSA) is 70.5 Å². The highest BCUT2D eigenvalue weighted by molar-refractivity contribution is 5.22. The first kappa shape index (κ1) is 17.0. The van der Waals surface area contributed by atoms with Crippen molar-refractivity contribution >= 4 is 0 Å². The minimum absolute atomic E-state index is 0.230. The van der Waals surface area contributed by atoms with Crippen molar-refractivity contribution in [2.75, 3.05) is 20.9 Å². The molecule has 0 aliphatic heterocycles. The zero-order valence-electron chi connectivity index (χ0n) is 11.5. The maximum atomic E-state index is 5.39. The maximum Gasteiger partial charge on any atom is 0.230 e. The van der Waals surface area contributed by atoms with Gasteiger partial charge in [0.05, 0.1) is 0 Å². The summed E-state index contributed by atoms with van der Waals surface area (Å²) in [4.78, 5) is 0. The lowest BCUT2D eigenvalue weighted by atomic mass is 10.3. The van der Waals surface area contributed by atoms with Gasteiger partial charge in [-0.2, -0.15) is 0 Å². The average Bonchev–Trinajstić information content (AvgIpc) is 2.53. The second-order valence-electron chi connectivity index (χ2n) is 3.03. The molecule has 2 aromatic carbocycles. The second kappa shape index (κ2) is 12.4. The van der Waals surface area contributed by atoms with Gasteiger partial charge in [-0.05, 0) is 38.4 Å². The molecule has 0 heterocycles. The monoisotopic (exact) mass is 262 g/mol. The lowest BCUT2D eigenvalue weighted by molar-refractivity contribution is 0.120. The maximum absolute atomic E-state index is 5.39. The molecule has 0 fully saturated rings. The van der Waals surface area contributed by atoms with Crippen LogP contribution in [0.15, 0.2) is 60.7 Å². The fraction of sp³-hybridized carbons (Fsp3) is 0.200. The van der Waals surface area contributed by atoms with Crippen molar-refractivity contribution in [3.05, 3.63) is 60.7 Å². The average molecular weight is 262 g/mol. The summed E-state index contributed by atoms with van der Waals surface area (Å²) >= 11 is 0. The molecule has 4 nitrogen and oxygen atoms in total. The quantitative estimate of drug-likeness (QED) is 0.829. The third-order valence-corrected chi connectivity index (χ3v) is 1.94. The van der Waals surface area contributed by atoms with E-state index < -0.39 is 0 Å². The predicted molar refractivity (Wildman–Crippen MR) is 79.2 cm³/mol. The van der Waals surface area contributed by atoms with Crippen LogP contribution < -0.4 is 20.9 Å². The Hall–Kier alpha value is -2.04. The number of para-hydroxylation sites is 2. The van der Waals surface area contributed by atoms with E-state index in [-0.39, 0.29) is 6.79 Å². The van der Waals surface area contributed by atoms with Crippen molar-refractivity contribution in [2.24, 2.45) is 11.5 Å². The van der Waals surface area contributed by atoms with Gasteiger partial charge >= 0.3 is 0 Å². The Morgan fingerprint density at radius 1 is 0.632 bits per heavy atom. The van der Waals surface area contributed by atoms with Gasteiger partial charge in [-0.25, -0.2) is 0 Å². The van der Waals surface area contributed by atoms with Gasteiger partial charge in [0.2, 0.25) is 6.79 Å². The molecule has 0 atom stereocenters. The fourth-order valence-electron chi connectivity index (χ4n) is 1.20. The summed E-state index contributed by atoms with van der Waals surface area (Å²) in [5, 5.41) is 0. The molecular formula is C15H22N2O2. The molecule has 104 valence electrons. The highest BCUT2D eigenvalue weighted by Gasteiger charge is 1.92. The SMILES string of the molecule is CN.CN.c1ccc(OCOc2ccccc2)cc1. The summed E-state index contributed by atoms with van der Waals surface area (Å²) in [5.41, 5.74) is 9.00. The van der Waals surface area contributed by atoms with Gasteiger partial charge in [0, 0.05) is 0 Å². The van der Waals surface area contributed by atoms with Crippen molar-refractivity contribution in [3.63, 3.8) is 0 Å². The van der Waals surface area contributed by atoms with Crippen molar-refractivity contribution in [3.8, 4) is 11.5 Å². The summed E-state index contributed by atoms with van der Waals surface area (Å²) in [6, 6.07) is 19.2. The molecule has 0 aliphatic rings. The van der Waals surface area contributed by atoms with E-state index in [1.165, 1.54) is 14.1 Å². The number of rotatable bonds is 4. The summed E-state index contributed by atoms with van der Waals surface area (Å²) in [6.45, 7) is 0.230. The molecule has 0 spiro atoms. The van der Waals surface area contributed by atoms with E-state index in [1.807, 2.05) is 60.7 Å². The van der Waals surface area contributed by atoms with Gasteiger partial charge in [0.15, 0.2) is 0 Å². The van der Waals surface area contributed by atoms with E-state index in [1.54, 1.807) is 0 Å². The molecule has 0 bridgehead atoms. The number of hydrogen-bond acceptors (Lipinski definition) is 4. The number of hydrogen-bond donors (Lipinski definition) is 2. The van der Waals surface area contributed by atoms with Gasteiger partial charge in [-0.15, -0.1) is 0 Å². The van der Waals surface area contributed by atoms with Gasteiger partial charge < -0.3 is 20.9 Å². The first-order valence-corrected chi connectivity index (χ1v) is 5.96. The van der Waals surface area contributed by atoms with E-state index in [2.05, 4.69) is 11.5 Å². The molecular weight excluding hydrogens is 240 g/mol. The van der Waals surface area contributed by atoms with Gasteiger partial charge in [0.1, 0.15) is 11.5 Å². The molecule has 0 aliphatic carbocycles. The van der Waals surface area contributed by atoms with Crippen LogP contribution in [0.2, 0.25) is 0 Å². The van der Waals surface area contributed by atoms with Crippen molar-refractivity contribution in [1.29, 1.82) is 0 Å². The van der Waals surface area contributed by atoms with Crippen LogP contribution in [0.5, 0.6) is 11.5 Å². The van der Waals surface area contributed by atoms with Gasteiger partial charge in [0.25, 0.3) is 0 Å². The van der Waals surface area contributed by atoms with Gasteiger partial charge in [-0.3, -0.25) is 0 Å². The van der Waals surface area contributed by atoms with Crippen molar-refractivity contribution < 1.29 is 9.47 Å². The Morgan fingerprint density at radius 2 is 0.947 bits per heavy atom. The standard InChI is InChI=1S/C13H12O2.2CH5N/c1-3-7-12(8-4-1)14-11-15-13-9-5-2-6-10-13;2*1-2/h1-10H,11H2;2*2H2,1H3. The molecule has 0 unspecified atom stereocenters. The Balaban J connectivity index is 0.000000741. The molecule has 2 rings (SSSR count). The molecule has 0 saturated heterocycles. The number of benzene rings is 2. The molecule has 2 aromatic rings. The van der Waals surface area contributed by atoms with Crippen LogP contribution >= 0.6 is 0 Å². The molecule has 4 heteroatoms. The van der Waals surface area contributed by atoms with Gasteiger partial charge in [-0.1, -0.05) is 36.4 Å². The summed E-state index contributed by atoms with van der Waals surface area (Å²) in [7, 11) is 3.00. The zero-order chi connectivity index (χ0) is 14.3. The minimum atomic E-state index is 0.230. The van der Waals surface area contributed by atoms with E-state index in [9.17, 15) is 0 Å². The minimum Gasteiger partial charge on any atom is -0.458 e. The van der Waals surface area contributed by atoms with Crippen LogP contribution in [0.3, 0.4) is 0 Å². The van der Waals surface area contributed by atoms with Crippen molar-refractivity contribution in [1.82, 2.24) is 0 Å². The molecule has 0 radical (unpaired) electrons. The Kier molecular flexibility index (Phi) is 11.1. The fourth-order valence-corrected chi connectivity index (χ4v) is 1.20. The summed E-state index contributed by atoms with van der Waals surface area (Å²) < 4.78 is 10.8. The summed E-state index contributed by atoms with van der Waals surface area (Å²) in [6.07, 6.45) is 0. The van der Waals surface area contributed by atoms with Crippen LogP contribution in [-0.4, -0.2) is 20.9 Å². The highest BCUT2D eigenvalue weighted by Crippen LogP contribution is 2.11. The zero-order valence-corrected chi connectivity index (χ0v) is 11.5. The van der Waals surface area contributed by atoms with E-state index in [0.717, 1.165) is 11.5 Å². The third-order valence-electron chi connectivity index (χ3n) is 1.94. The van der Waals surface area contributed by atoms with E-state index in [4.69, 9.17) is 9.47 Å². The summed E-state index contributed by atoms with van der Waals surface area (Å²) in [5.74, 6) is 1.63. The Bertz CT molecular complexity index is 354. The molecule has 4 N–H and O–H groups in total. The van der Waals surface area contributed by atoms with Crippen molar-refractivity contribution in [2.45, 2.75) is 0 Å². The molecule has 0 aromatic heterocycles. The lowest BCUT2D eigenvalue weighted by Gasteiger charge is -2.07. The smallest absolute Gasteiger partial charge is 0.230 e. The predicted octanol–water partition coefficient (Wildman–Crippen LogP) is 2.25. The number of ether oxygens (including phenoxy) is 2. The highest BCUT2D eigenvalue weighted by atomic mass is 16.7. The normalized spacial score (nSPS) is 8.21. The number of nitrogens with two attached hydrogens (primary N) is 2. The lowest BCUT2D eigenvalue weighted by Crippen LogP contribution is -2.05. The molecule has 19 heavy (non-hydrogen) atoms. The first-order valence-electron chi connectivity index (χ1n) is 5.96. The molecule has 0 saturated carbocycles. The van der Waals surface area contributed by atoms with Crippen LogP contribution in [0.1, 0.15) is 0 Å². The Morgan fingerprint density at radius 3 is 1.26 bits per heavy atom. The van der Waals surface area contributed by atoms with E-state index in [0.29, 0.717) is 0 Å². The third kappa shape index (κ3) is 7.81. The molecule has 0 amide bonds. The van der Waals surface area contributed by atoms with Crippen LogP contribution in [0.25, 0.3) is 0 Å².